The molecule has 33 heteroatoms. The lowest BCUT2D eigenvalue weighted by Crippen LogP contribution is -2.57. The maximum Gasteiger partial charge on any atom is 0.336 e. The normalized spacial score (nSPS) is 12.7. The standard InChI is InChI=1S/2C15H27N3O6.C10H18O4S2.C8H14O4S2.C3H6O3/c2*1-4-10(19)7-16-13(22)17(8-11(20)5-2)15(24)18(14(16)23)9-12(21)6-3;1-13-9(11)5-3-7-15-16-8-4-6-10(12)14-2;1-11-7(9)3-5-13-14-6-4-8(10)12-2;1-6-3(5)2-4/h2*10-12,19-21H,4-9H2,1-3H3;3-8H2,1-2H3;3-6H2,1-2H3;4H,2H2,1H3. The van der Waals surface area contributed by atoms with Gasteiger partial charge in [0.25, 0.3) is 0 Å². The molecule has 488 valence electrons. The maximum absolute atomic E-state index is 12.4. The highest BCUT2D eigenvalue weighted by molar-refractivity contribution is 8.77. The van der Waals surface area contributed by atoms with Crippen LogP contribution >= 0.6 is 43.2 Å². The number of aromatic nitrogens is 6. The minimum atomic E-state index is -0.915. The Balaban J connectivity index is -0.00000103. The van der Waals surface area contributed by atoms with Crippen molar-refractivity contribution < 1.29 is 83.4 Å². The molecule has 2 heterocycles. The molecule has 0 spiro atoms. The Morgan fingerprint density at radius 2 is 0.512 bits per heavy atom. The first-order valence-electron chi connectivity index (χ1n) is 27.2. The predicted molar refractivity (Wildman–Crippen MR) is 321 cm³/mol. The summed E-state index contributed by atoms with van der Waals surface area (Å²) in [5.41, 5.74) is -5.21. The number of esters is 5. The molecule has 0 fully saturated rings. The molecule has 0 radical (unpaired) electrons. The lowest BCUT2D eigenvalue weighted by atomic mass is 10.2. The van der Waals surface area contributed by atoms with E-state index in [9.17, 15) is 83.4 Å². The van der Waals surface area contributed by atoms with Gasteiger partial charge < -0.3 is 59.4 Å². The van der Waals surface area contributed by atoms with E-state index in [1.165, 1.54) is 35.5 Å². The van der Waals surface area contributed by atoms with Gasteiger partial charge in [-0.05, 0) is 51.4 Å². The van der Waals surface area contributed by atoms with Gasteiger partial charge in [-0.3, -0.25) is 19.2 Å². The molecule has 0 amide bonds. The molecular weight excluding hydrogens is 1190 g/mol. The molecule has 84 heavy (non-hydrogen) atoms. The van der Waals surface area contributed by atoms with E-state index in [0.29, 0.717) is 75.7 Å². The molecule has 2 aromatic heterocycles. The van der Waals surface area contributed by atoms with Crippen LogP contribution in [0, 0.1) is 0 Å². The second kappa shape index (κ2) is 50.4. The molecule has 0 aliphatic rings. The number of nitrogens with zero attached hydrogens (tertiary/aromatic N) is 6. The number of aliphatic hydroxyl groups is 7. The first-order valence-corrected chi connectivity index (χ1v) is 32.1. The number of rotatable bonds is 35. The monoisotopic (exact) mass is 1280 g/mol. The highest BCUT2D eigenvalue weighted by Crippen LogP contribution is 2.24. The van der Waals surface area contributed by atoms with Gasteiger partial charge in [0.15, 0.2) is 0 Å². The third kappa shape index (κ3) is 36.3. The van der Waals surface area contributed by atoms with Gasteiger partial charge in [0.05, 0.1) is 124 Å². The van der Waals surface area contributed by atoms with E-state index < -0.39 is 83.3 Å². The molecule has 2 rings (SSSR count). The van der Waals surface area contributed by atoms with E-state index >= 15 is 0 Å². The molecule has 6 unspecified atom stereocenters. The molecule has 0 aliphatic heterocycles. The van der Waals surface area contributed by atoms with Crippen LogP contribution < -0.4 is 34.1 Å². The van der Waals surface area contributed by atoms with Gasteiger partial charge >= 0.3 is 64.0 Å². The van der Waals surface area contributed by atoms with E-state index in [1.807, 2.05) is 0 Å². The highest BCUT2D eigenvalue weighted by Gasteiger charge is 2.22. The Kier molecular flexibility index (Phi) is 50.1. The van der Waals surface area contributed by atoms with Crippen LogP contribution in [0.5, 0.6) is 0 Å². The fourth-order valence-electron chi connectivity index (χ4n) is 5.85. The van der Waals surface area contributed by atoms with Crippen LogP contribution in [0.2, 0.25) is 0 Å². The minimum Gasteiger partial charge on any atom is -0.469 e. The molecule has 0 aromatic carbocycles. The number of carbonyl (C=O) groups excluding carboxylic acids is 5. The minimum absolute atomic E-state index is 0.156. The summed E-state index contributed by atoms with van der Waals surface area (Å²) in [4.78, 5) is 127. The summed E-state index contributed by atoms with van der Waals surface area (Å²) in [5, 5.41) is 66.5. The molecule has 0 bridgehead atoms. The summed E-state index contributed by atoms with van der Waals surface area (Å²) in [5.74, 6) is 1.95. The fraction of sp³-hybridized carbons (Fsp3) is 0.784. The summed E-state index contributed by atoms with van der Waals surface area (Å²) < 4.78 is 26.7. The number of ether oxygens (including phenoxy) is 5. The van der Waals surface area contributed by atoms with Gasteiger partial charge in [0.2, 0.25) is 0 Å². The number of carbonyl (C=O) groups is 5. The van der Waals surface area contributed by atoms with Gasteiger partial charge in [-0.2, -0.15) is 0 Å². The summed E-state index contributed by atoms with van der Waals surface area (Å²) in [6, 6.07) is 0. The SMILES string of the molecule is CCC(O)Cn1c(=O)n(CC(O)CC)c(=O)n(CC(O)CC)c1=O.CCC(O)Cn1c(=O)n(CC(O)CC)c(=O)n(CC(O)CC)c1=O.COC(=O)CCCSSCCCC(=O)OC.COC(=O)CCSSCCC(=O)OC.COC(=O)CO. The van der Waals surface area contributed by atoms with E-state index in [1.54, 1.807) is 84.7 Å². The molecule has 0 saturated carbocycles. The van der Waals surface area contributed by atoms with E-state index in [-0.39, 0.29) is 63.1 Å². The zero-order chi connectivity index (χ0) is 64.9. The average Bonchev–Trinajstić information content (AvgIpc) is 1.70. The first-order chi connectivity index (χ1) is 39.7. The van der Waals surface area contributed by atoms with Crippen molar-refractivity contribution in [2.75, 3.05) is 65.2 Å². The zero-order valence-corrected chi connectivity index (χ0v) is 53.5. The Hall–Kier alpha value is -4.71. The molecule has 0 aliphatic carbocycles. The lowest BCUT2D eigenvalue weighted by Gasteiger charge is -2.18. The van der Waals surface area contributed by atoms with Crippen molar-refractivity contribution in [1.29, 1.82) is 0 Å². The van der Waals surface area contributed by atoms with E-state index in [0.717, 1.165) is 51.7 Å². The van der Waals surface area contributed by atoms with Crippen LogP contribution in [0.1, 0.15) is 119 Å². The summed E-state index contributed by atoms with van der Waals surface area (Å²) in [6.45, 7) is 8.16. The smallest absolute Gasteiger partial charge is 0.336 e. The lowest BCUT2D eigenvalue weighted by molar-refractivity contribution is -0.144. The summed E-state index contributed by atoms with van der Waals surface area (Å²) >= 11 is 0. The van der Waals surface area contributed by atoms with Crippen molar-refractivity contribution >= 4 is 73.0 Å². The molecule has 29 nitrogen and oxygen atoms in total. The van der Waals surface area contributed by atoms with Gasteiger partial charge in [0.1, 0.15) is 6.61 Å². The van der Waals surface area contributed by atoms with Crippen LogP contribution in [0.25, 0.3) is 0 Å². The van der Waals surface area contributed by atoms with Gasteiger partial charge in [-0.25, -0.2) is 61.0 Å². The average molecular weight is 1290 g/mol. The molecule has 0 saturated heterocycles. The highest BCUT2D eigenvalue weighted by atomic mass is 33.1. The largest absolute Gasteiger partial charge is 0.469 e. The third-order valence-corrected chi connectivity index (χ3v) is 16.4. The quantitative estimate of drug-likeness (QED) is 0.0205. The van der Waals surface area contributed by atoms with Crippen molar-refractivity contribution in [3.63, 3.8) is 0 Å². The molecule has 7 N–H and O–H groups in total. The van der Waals surface area contributed by atoms with Gasteiger partial charge in [-0.15, -0.1) is 0 Å². The van der Waals surface area contributed by atoms with Crippen molar-refractivity contribution in [1.82, 2.24) is 27.4 Å². The van der Waals surface area contributed by atoms with Gasteiger partial charge in [0, 0.05) is 35.9 Å². The van der Waals surface area contributed by atoms with Crippen LogP contribution in [-0.4, -0.2) is 195 Å². The van der Waals surface area contributed by atoms with E-state index in [2.05, 4.69) is 23.7 Å². The Labute approximate surface area is 504 Å². The second-order valence-corrected chi connectivity index (χ2v) is 23.2. The van der Waals surface area contributed by atoms with Crippen LogP contribution in [-0.2, 0) is 86.9 Å². The fourth-order valence-corrected chi connectivity index (χ4v) is 9.97. The molecule has 2 aromatic rings. The topological polar surface area (TPSA) is 405 Å². The predicted octanol–water partition coefficient (Wildman–Crippen LogP) is -0.111. The number of methoxy groups -OCH3 is 5. The Morgan fingerprint density at radius 1 is 0.333 bits per heavy atom. The van der Waals surface area contributed by atoms with Crippen molar-refractivity contribution in [2.24, 2.45) is 0 Å². The summed E-state index contributed by atoms with van der Waals surface area (Å²) in [7, 11) is 13.3. The Bertz CT molecular complexity index is 2130. The van der Waals surface area contributed by atoms with E-state index in [4.69, 9.17) is 5.11 Å². The number of hydrogen-bond acceptors (Lipinski definition) is 27. The Morgan fingerprint density at radius 3 is 0.667 bits per heavy atom. The summed E-state index contributed by atoms with van der Waals surface area (Å²) in [6.07, 6.45) is -0.0435. The number of hydrogen-bond donors (Lipinski definition) is 7. The van der Waals surface area contributed by atoms with Crippen molar-refractivity contribution in [2.45, 2.75) is 194 Å². The van der Waals surface area contributed by atoms with Crippen LogP contribution in [0.15, 0.2) is 28.8 Å². The van der Waals surface area contributed by atoms with Crippen LogP contribution in [0.3, 0.4) is 0 Å². The number of aliphatic hydroxyl groups excluding tert-OH is 7. The molecular formula is C51H92N6O23S4. The van der Waals surface area contributed by atoms with Crippen LogP contribution in [0.4, 0.5) is 0 Å². The van der Waals surface area contributed by atoms with Gasteiger partial charge in [-0.1, -0.05) is 84.7 Å². The van der Waals surface area contributed by atoms with Crippen molar-refractivity contribution in [3.05, 3.63) is 62.9 Å². The first kappa shape index (κ1) is 83.5. The zero-order valence-electron chi connectivity index (χ0n) is 50.2. The van der Waals surface area contributed by atoms with Crippen molar-refractivity contribution in [3.8, 4) is 0 Å². The molecule has 6 atom stereocenters. The second-order valence-electron chi connectivity index (χ2n) is 17.8. The third-order valence-electron chi connectivity index (χ3n) is 11.4. The maximum atomic E-state index is 12.4.